The van der Waals surface area contributed by atoms with Gasteiger partial charge in [-0.25, -0.2) is 4.98 Å². The van der Waals surface area contributed by atoms with Crippen LogP contribution in [-0.2, 0) is 0 Å². The van der Waals surface area contributed by atoms with Crippen LogP contribution in [0.25, 0.3) is 0 Å². The van der Waals surface area contributed by atoms with E-state index < -0.39 is 4.92 Å². The third kappa shape index (κ3) is 3.70. The maximum absolute atomic E-state index is 10.7. The summed E-state index contributed by atoms with van der Waals surface area (Å²) in [5, 5.41) is 22.4. The summed E-state index contributed by atoms with van der Waals surface area (Å²) in [7, 11) is 0. The molecule has 0 saturated carbocycles. The van der Waals surface area contributed by atoms with Gasteiger partial charge in [-0.1, -0.05) is 6.92 Å². The minimum atomic E-state index is -0.615. The highest BCUT2D eigenvalue weighted by Crippen LogP contribution is 2.24. The monoisotopic (exact) mass is 236 g/mol. The zero-order valence-electron chi connectivity index (χ0n) is 9.34. The van der Waals surface area contributed by atoms with Gasteiger partial charge in [0.05, 0.1) is 10.5 Å². The molecule has 0 radical (unpaired) electrons. The van der Waals surface area contributed by atoms with Crippen molar-refractivity contribution in [3.8, 4) is 11.9 Å². The molecule has 0 aliphatic rings. The minimum Gasteiger partial charge on any atom is -0.471 e. The van der Waals surface area contributed by atoms with E-state index in [9.17, 15) is 10.1 Å². The van der Waals surface area contributed by atoms with E-state index in [-0.39, 0.29) is 23.7 Å². The first kappa shape index (κ1) is 12.9. The van der Waals surface area contributed by atoms with Crippen LogP contribution < -0.4 is 10.1 Å². The summed E-state index contributed by atoms with van der Waals surface area (Å²) in [6.07, 6.45) is 1.25. The molecule has 1 heterocycles. The van der Waals surface area contributed by atoms with E-state index in [0.717, 1.165) is 12.6 Å². The predicted molar refractivity (Wildman–Crippen MR) is 59.6 cm³/mol. The Hall–Kier alpha value is -2.20. The van der Waals surface area contributed by atoms with Gasteiger partial charge in [0, 0.05) is 18.8 Å². The Morgan fingerprint density at radius 2 is 2.47 bits per heavy atom. The molecule has 1 aromatic rings. The molecule has 17 heavy (non-hydrogen) atoms. The number of nitriles is 1. The van der Waals surface area contributed by atoms with E-state index in [1.165, 1.54) is 6.20 Å². The number of nitro groups is 1. The van der Waals surface area contributed by atoms with E-state index in [4.69, 9.17) is 10.00 Å². The molecule has 0 spiro atoms. The first-order chi connectivity index (χ1) is 8.19. The van der Waals surface area contributed by atoms with Crippen LogP contribution in [0.2, 0.25) is 0 Å². The number of pyridine rings is 1. The summed E-state index contributed by atoms with van der Waals surface area (Å²) >= 11 is 0. The summed E-state index contributed by atoms with van der Waals surface area (Å²) < 4.78 is 5.18. The number of ether oxygens (including phenoxy) is 1. The van der Waals surface area contributed by atoms with E-state index in [1.807, 2.05) is 6.92 Å². The minimum absolute atomic E-state index is 0.0631. The first-order valence-electron chi connectivity index (χ1n) is 5.07. The molecule has 0 atom stereocenters. The lowest BCUT2D eigenvalue weighted by molar-refractivity contribution is -0.386. The van der Waals surface area contributed by atoms with Crippen LogP contribution in [0, 0.1) is 21.4 Å². The quantitative estimate of drug-likeness (QED) is 0.446. The number of rotatable bonds is 6. The Morgan fingerprint density at radius 1 is 1.71 bits per heavy atom. The van der Waals surface area contributed by atoms with Gasteiger partial charge in [0.25, 0.3) is 5.88 Å². The van der Waals surface area contributed by atoms with E-state index >= 15 is 0 Å². The van der Waals surface area contributed by atoms with Gasteiger partial charge in [0.15, 0.2) is 0 Å². The standard InChI is InChI=1S/C10H12N4O3/c1-2-12-3-4-17-10-9(14(15)16)5-8(6-11)7-13-10/h5,7,12H,2-4H2,1H3. The molecule has 0 aliphatic heterocycles. The Balaban J connectivity index is 2.77. The van der Waals surface area contributed by atoms with Gasteiger partial charge < -0.3 is 10.1 Å². The molecule has 0 bridgehead atoms. The average molecular weight is 236 g/mol. The number of hydrogen-bond acceptors (Lipinski definition) is 6. The fraction of sp³-hybridized carbons (Fsp3) is 0.400. The summed E-state index contributed by atoms with van der Waals surface area (Å²) in [5.41, 5.74) is -0.156. The third-order valence-corrected chi connectivity index (χ3v) is 1.93. The maximum atomic E-state index is 10.7. The lowest BCUT2D eigenvalue weighted by atomic mass is 10.3. The molecule has 1 N–H and O–H groups in total. The fourth-order valence-electron chi connectivity index (χ4n) is 1.14. The van der Waals surface area contributed by atoms with Crippen LogP contribution in [0.3, 0.4) is 0 Å². The Morgan fingerprint density at radius 3 is 3.06 bits per heavy atom. The number of aromatic nitrogens is 1. The topological polar surface area (TPSA) is 101 Å². The average Bonchev–Trinajstić information content (AvgIpc) is 2.34. The zero-order valence-corrected chi connectivity index (χ0v) is 9.34. The SMILES string of the molecule is CCNCCOc1ncc(C#N)cc1[N+](=O)[O-]. The van der Waals surface area contributed by atoms with Gasteiger partial charge in [-0.05, 0) is 6.54 Å². The maximum Gasteiger partial charge on any atom is 0.332 e. The molecule has 0 amide bonds. The Labute approximate surface area is 98.2 Å². The van der Waals surface area contributed by atoms with Gasteiger partial charge in [-0.15, -0.1) is 0 Å². The fourth-order valence-corrected chi connectivity index (χ4v) is 1.14. The van der Waals surface area contributed by atoms with Gasteiger partial charge >= 0.3 is 5.69 Å². The number of likely N-dealkylation sites (N-methyl/N-ethyl adjacent to an activating group) is 1. The zero-order chi connectivity index (χ0) is 12.7. The lowest BCUT2D eigenvalue weighted by Crippen LogP contribution is -2.20. The van der Waals surface area contributed by atoms with Gasteiger partial charge in [-0.3, -0.25) is 10.1 Å². The molecule has 0 saturated heterocycles. The van der Waals surface area contributed by atoms with Crippen LogP contribution in [-0.4, -0.2) is 29.6 Å². The van der Waals surface area contributed by atoms with Crippen molar-refractivity contribution in [3.63, 3.8) is 0 Å². The van der Waals surface area contributed by atoms with Crippen LogP contribution in [0.5, 0.6) is 5.88 Å². The molecule has 0 fully saturated rings. The van der Waals surface area contributed by atoms with Crippen molar-refractivity contribution >= 4 is 5.69 Å². The second kappa shape index (κ2) is 6.40. The van der Waals surface area contributed by atoms with Crippen LogP contribution in [0.1, 0.15) is 12.5 Å². The summed E-state index contributed by atoms with van der Waals surface area (Å²) in [6, 6.07) is 2.94. The summed E-state index contributed by atoms with van der Waals surface area (Å²) in [4.78, 5) is 13.9. The molecule has 90 valence electrons. The Bertz CT molecular complexity index is 442. The smallest absolute Gasteiger partial charge is 0.332 e. The summed E-state index contributed by atoms with van der Waals surface area (Å²) in [5.74, 6) is -0.0631. The Kier molecular flexibility index (Phi) is 4.84. The highest BCUT2D eigenvalue weighted by atomic mass is 16.6. The predicted octanol–water partition coefficient (Wildman–Crippen LogP) is 0.850. The van der Waals surface area contributed by atoms with Crippen molar-refractivity contribution in [3.05, 3.63) is 27.9 Å². The molecule has 1 aromatic heterocycles. The van der Waals surface area contributed by atoms with Gasteiger partial charge in [0.2, 0.25) is 0 Å². The number of nitrogens with one attached hydrogen (secondary N) is 1. The van der Waals surface area contributed by atoms with Crippen molar-refractivity contribution in [1.29, 1.82) is 5.26 Å². The largest absolute Gasteiger partial charge is 0.471 e. The molecule has 1 rings (SSSR count). The lowest BCUT2D eigenvalue weighted by Gasteiger charge is -2.05. The highest BCUT2D eigenvalue weighted by molar-refractivity contribution is 5.46. The summed E-state index contributed by atoms with van der Waals surface area (Å²) in [6.45, 7) is 3.61. The number of nitrogens with zero attached hydrogens (tertiary/aromatic N) is 3. The molecule has 0 aliphatic carbocycles. The third-order valence-electron chi connectivity index (χ3n) is 1.93. The van der Waals surface area contributed by atoms with Crippen molar-refractivity contribution in [2.75, 3.05) is 19.7 Å². The van der Waals surface area contributed by atoms with Gasteiger partial charge in [-0.2, -0.15) is 5.26 Å². The second-order valence-electron chi connectivity index (χ2n) is 3.12. The second-order valence-corrected chi connectivity index (χ2v) is 3.12. The molecule has 0 aromatic carbocycles. The van der Waals surface area contributed by atoms with Crippen LogP contribution >= 0.6 is 0 Å². The molecular formula is C10H12N4O3. The van der Waals surface area contributed by atoms with Crippen molar-refractivity contribution in [1.82, 2.24) is 10.3 Å². The number of hydrogen-bond donors (Lipinski definition) is 1. The molecular weight excluding hydrogens is 224 g/mol. The van der Waals surface area contributed by atoms with Crippen LogP contribution in [0.15, 0.2) is 12.3 Å². The van der Waals surface area contributed by atoms with E-state index in [0.29, 0.717) is 6.54 Å². The van der Waals surface area contributed by atoms with Crippen molar-refractivity contribution in [2.45, 2.75) is 6.92 Å². The van der Waals surface area contributed by atoms with Crippen LogP contribution in [0.4, 0.5) is 5.69 Å². The highest BCUT2D eigenvalue weighted by Gasteiger charge is 2.17. The van der Waals surface area contributed by atoms with E-state index in [1.54, 1.807) is 6.07 Å². The van der Waals surface area contributed by atoms with Crippen molar-refractivity contribution in [2.24, 2.45) is 0 Å². The molecule has 7 nitrogen and oxygen atoms in total. The first-order valence-corrected chi connectivity index (χ1v) is 5.07. The van der Waals surface area contributed by atoms with E-state index in [2.05, 4.69) is 10.3 Å². The normalized spacial score (nSPS) is 9.65. The molecule has 7 heteroatoms. The van der Waals surface area contributed by atoms with Gasteiger partial charge in [0.1, 0.15) is 12.7 Å². The van der Waals surface area contributed by atoms with Crippen molar-refractivity contribution < 1.29 is 9.66 Å². The molecule has 0 unspecified atom stereocenters.